The summed E-state index contributed by atoms with van der Waals surface area (Å²) >= 11 is 0. The quantitative estimate of drug-likeness (QED) is 0.244. The first kappa shape index (κ1) is 30.5. The summed E-state index contributed by atoms with van der Waals surface area (Å²) in [6.45, 7) is 5.05. The van der Waals surface area contributed by atoms with Gasteiger partial charge in [-0.15, -0.1) is 5.10 Å². The van der Waals surface area contributed by atoms with Gasteiger partial charge in [0, 0.05) is 50.4 Å². The summed E-state index contributed by atoms with van der Waals surface area (Å²) in [5.74, 6) is -0.583. The van der Waals surface area contributed by atoms with E-state index in [4.69, 9.17) is 9.72 Å². The first-order valence-electron chi connectivity index (χ1n) is 15.0. The molecule has 0 radical (unpaired) electrons. The maximum absolute atomic E-state index is 15.9. The summed E-state index contributed by atoms with van der Waals surface area (Å²) in [7, 11) is -5.78. The van der Waals surface area contributed by atoms with Gasteiger partial charge in [-0.3, -0.25) is 9.29 Å². The minimum Gasteiger partial charge on any atom is -0.381 e. The van der Waals surface area contributed by atoms with E-state index in [9.17, 15) is 16.8 Å². The zero-order valence-electron chi connectivity index (χ0n) is 25.4. The summed E-state index contributed by atoms with van der Waals surface area (Å²) in [5.41, 5.74) is 3.76. The molecule has 2 saturated heterocycles. The maximum Gasteiger partial charge on any atom is 0.235 e. The molecule has 7 rings (SSSR count). The van der Waals surface area contributed by atoms with Crippen LogP contribution >= 0.6 is 0 Å². The highest BCUT2D eigenvalue weighted by molar-refractivity contribution is 7.93. The van der Waals surface area contributed by atoms with Gasteiger partial charge in [-0.2, -0.15) is 0 Å². The van der Waals surface area contributed by atoms with Crippen LogP contribution in [-0.4, -0.2) is 73.1 Å². The van der Waals surface area contributed by atoms with Crippen molar-refractivity contribution in [1.82, 2.24) is 24.5 Å². The molecular weight excluding hydrogens is 632 g/mol. The van der Waals surface area contributed by atoms with Crippen LogP contribution in [0.1, 0.15) is 36.6 Å². The Labute approximate surface area is 266 Å². The van der Waals surface area contributed by atoms with Crippen LogP contribution in [0.25, 0.3) is 39.3 Å². The normalized spacial score (nSPS) is 18.0. The number of hydrogen-bond donors (Lipinski definition) is 0. The van der Waals surface area contributed by atoms with Gasteiger partial charge in [0.25, 0.3) is 0 Å². The summed E-state index contributed by atoms with van der Waals surface area (Å²) in [5, 5.41) is 8.73. The Bertz CT molecular complexity index is 2240. The molecule has 0 aliphatic carbocycles. The lowest BCUT2D eigenvalue weighted by molar-refractivity contribution is 0.0548. The Hall–Kier alpha value is -4.14. The van der Waals surface area contributed by atoms with E-state index in [0.29, 0.717) is 77.1 Å². The molecular formula is C32H33FN6O5S2. The minimum absolute atomic E-state index is 0.00442. The lowest BCUT2D eigenvalue weighted by Gasteiger charge is -2.33. The fourth-order valence-electron chi connectivity index (χ4n) is 7.02. The molecule has 46 heavy (non-hydrogen) atoms. The van der Waals surface area contributed by atoms with Gasteiger partial charge >= 0.3 is 0 Å². The second-order valence-electron chi connectivity index (χ2n) is 11.8. The minimum atomic E-state index is -3.87. The van der Waals surface area contributed by atoms with Crippen molar-refractivity contribution in [2.45, 2.75) is 30.2 Å². The van der Waals surface area contributed by atoms with Gasteiger partial charge < -0.3 is 9.30 Å². The van der Waals surface area contributed by atoms with E-state index in [-0.39, 0.29) is 28.6 Å². The van der Waals surface area contributed by atoms with Crippen molar-refractivity contribution >= 4 is 53.6 Å². The molecule has 5 heterocycles. The fourth-order valence-corrected chi connectivity index (χ4v) is 9.46. The number of pyridine rings is 1. The molecule has 2 aliphatic rings. The number of ether oxygens (including phenoxy) is 1. The molecule has 0 bridgehead atoms. The summed E-state index contributed by atoms with van der Waals surface area (Å²) < 4.78 is 80.0. The molecule has 11 nitrogen and oxygen atoms in total. The van der Waals surface area contributed by atoms with Crippen LogP contribution in [0.2, 0.25) is 0 Å². The van der Waals surface area contributed by atoms with Crippen LogP contribution < -0.4 is 4.31 Å². The Morgan fingerprint density at radius 2 is 1.91 bits per heavy atom. The second kappa shape index (κ2) is 11.3. The van der Waals surface area contributed by atoms with Crippen molar-refractivity contribution in [3.05, 3.63) is 72.3 Å². The van der Waals surface area contributed by atoms with Gasteiger partial charge in [-0.25, -0.2) is 25.9 Å². The summed E-state index contributed by atoms with van der Waals surface area (Å²) in [6.07, 6.45) is 6.00. The molecule has 2 fully saturated rings. The predicted octanol–water partition coefficient (Wildman–Crippen LogP) is 4.73. The molecule has 3 aromatic heterocycles. The smallest absolute Gasteiger partial charge is 0.235 e. The van der Waals surface area contributed by atoms with E-state index in [0.717, 1.165) is 6.26 Å². The van der Waals surface area contributed by atoms with Gasteiger partial charge in [0.15, 0.2) is 9.84 Å². The third kappa shape index (κ3) is 4.90. The predicted molar refractivity (Wildman–Crippen MR) is 174 cm³/mol. The number of rotatable bonds is 7. The van der Waals surface area contributed by atoms with Gasteiger partial charge in [-0.05, 0) is 55.5 Å². The van der Waals surface area contributed by atoms with Crippen molar-refractivity contribution in [2.24, 2.45) is 13.0 Å². The average Bonchev–Trinajstić information content (AvgIpc) is 3.69. The molecule has 0 saturated carbocycles. The zero-order valence-corrected chi connectivity index (χ0v) is 27.1. The fraction of sp³-hybridized carbons (Fsp3) is 0.344. The molecule has 14 heteroatoms. The Balaban J connectivity index is 1.68. The molecule has 2 aromatic carbocycles. The molecule has 2 aliphatic heterocycles. The Morgan fingerprint density at radius 1 is 1.15 bits per heavy atom. The number of nitrogens with zero attached hydrogens (tertiary/aromatic N) is 6. The van der Waals surface area contributed by atoms with Gasteiger partial charge in [0.1, 0.15) is 11.5 Å². The van der Waals surface area contributed by atoms with E-state index in [1.54, 1.807) is 48.3 Å². The number of sulfone groups is 1. The average molecular weight is 665 g/mol. The van der Waals surface area contributed by atoms with Crippen molar-refractivity contribution < 1.29 is 26.0 Å². The Kier molecular flexibility index (Phi) is 7.48. The van der Waals surface area contributed by atoms with E-state index in [1.165, 1.54) is 16.4 Å². The summed E-state index contributed by atoms with van der Waals surface area (Å²) in [4.78, 5) is 4.89. The van der Waals surface area contributed by atoms with E-state index in [1.807, 2.05) is 10.6 Å². The van der Waals surface area contributed by atoms with Crippen LogP contribution in [0.5, 0.6) is 0 Å². The highest BCUT2D eigenvalue weighted by Crippen LogP contribution is 2.47. The van der Waals surface area contributed by atoms with Gasteiger partial charge in [-0.1, -0.05) is 30.0 Å². The molecule has 0 amide bonds. The molecule has 5 aromatic rings. The highest BCUT2D eigenvalue weighted by Gasteiger charge is 2.37. The Morgan fingerprint density at radius 3 is 2.59 bits per heavy atom. The second-order valence-corrected chi connectivity index (χ2v) is 15.8. The third-order valence-corrected chi connectivity index (χ3v) is 12.0. The topological polar surface area (TPSA) is 129 Å². The van der Waals surface area contributed by atoms with Gasteiger partial charge in [0.2, 0.25) is 10.0 Å². The molecule has 1 atom stereocenters. The molecule has 240 valence electrons. The van der Waals surface area contributed by atoms with Crippen molar-refractivity contribution in [2.75, 3.05) is 36.1 Å². The number of fused-ring (bicyclic) bond motifs is 3. The first-order chi connectivity index (χ1) is 22.0. The van der Waals surface area contributed by atoms with Crippen molar-refractivity contribution in [3.8, 4) is 11.3 Å². The van der Waals surface area contributed by atoms with Crippen molar-refractivity contribution in [3.63, 3.8) is 0 Å². The highest BCUT2D eigenvalue weighted by atomic mass is 32.2. The SMILES string of the molecule is C=Cc1nnn(C)c1-c1cnc2c3c(N4CCCS4(=O)=O)ccc(S(C)(=O)=O)c3n([C@H](c3ccccc3F)C3CCOCC3)c2c1. The number of sulfonamides is 1. The van der Waals surface area contributed by atoms with Crippen LogP contribution in [-0.2, 0) is 31.6 Å². The van der Waals surface area contributed by atoms with Crippen LogP contribution in [0.3, 0.4) is 0 Å². The molecule has 0 spiro atoms. The number of anilines is 1. The number of halogens is 1. The largest absolute Gasteiger partial charge is 0.381 e. The molecule has 0 N–H and O–H groups in total. The van der Waals surface area contributed by atoms with Gasteiger partial charge in [0.05, 0.1) is 50.0 Å². The van der Waals surface area contributed by atoms with Crippen LogP contribution in [0.15, 0.2) is 60.1 Å². The summed E-state index contributed by atoms with van der Waals surface area (Å²) in [6, 6.07) is 10.7. The first-order valence-corrected chi connectivity index (χ1v) is 18.5. The lowest BCUT2D eigenvalue weighted by Crippen LogP contribution is -2.28. The van der Waals surface area contributed by atoms with Crippen LogP contribution in [0, 0.1) is 11.7 Å². The monoisotopic (exact) mass is 664 g/mol. The zero-order chi connectivity index (χ0) is 32.4. The number of aromatic nitrogens is 5. The van der Waals surface area contributed by atoms with Crippen LogP contribution in [0.4, 0.5) is 10.1 Å². The van der Waals surface area contributed by atoms with E-state index >= 15 is 4.39 Å². The van der Waals surface area contributed by atoms with E-state index < -0.39 is 31.7 Å². The number of hydrogen-bond acceptors (Lipinski definition) is 8. The number of aryl methyl sites for hydroxylation is 1. The van der Waals surface area contributed by atoms with Crippen molar-refractivity contribution in [1.29, 1.82) is 0 Å². The maximum atomic E-state index is 15.9. The molecule has 0 unspecified atom stereocenters. The standard InChI is InChI=1S/C32H33FN6O5S2/c1-4-24-31(37(2)36-35-24)21-18-26-29(34-19-21)28-25(38-14-7-17-46(38,42)43)10-11-27(45(3,40)41)32(28)39(26)30(20-12-15-44-16-13-20)22-8-5-6-9-23(22)33/h4-6,8-11,18-20,30H,1,7,12-17H2,2-3H3/t30-/m0/s1. The lowest BCUT2D eigenvalue weighted by atomic mass is 9.86. The van der Waals surface area contributed by atoms with E-state index in [2.05, 4.69) is 16.9 Å². The number of benzene rings is 2. The third-order valence-electron chi connectivity index (χ3n) is 9.03.